The van der Waals surface area contributed by atoms with Crippen LogP contribution in [0.1, 0.15) is 0 Å². The number of hydrogen-bond donors (Lipinski definition) is 1. The molecule has 3 aromatic heterocycles. The third-order valence-corrected chi connectivity index (χ3v) is 5.51. The van der Waals surface area contributed by atoms with Crippen LogP contribution in [-0.4, -0.2) is 32.3 Å². The minimum Gasteiger partial charge on any atom is -0.481 e. The van der Waals surface area contributed by atoms with Crippen molar-refractivity contribution in [3.8, 4) is 27.7 Å². The van der Waals surface area contributed by atoms with Gasteiger partial charge in [-0.15, -0.1) is 21.5 Å². The van der Waals surface area contributed by atoms with Gasteiger partial charge in [-0.2, -0.15) is 9.61 Å². The lowest BCUT2D eigenvalue weighted by molar-refractivity contribution is -0.118. The highest BCUT2D eigenvalue weighted by Gasteiger charge is 2.12. The Morgan fingerprint density at radius 1 is 1.03 bits per heavy atom. The summed E-state index contributed by atoms with van der Waals surface area (Å²) >= 11 is 1.56. The monoisotopic (exact) mass is 445 g/mol. The van der Waals surface area contributed by atoms with Crippen molar-refractivity contribution in [1.82, 2.24) is 19.8 Å². The first-order valence-corrected chi connectivity index (χ1v) is 10.6. The first kappa shape index (κ1) is 19.8. The molecule has 1 amide bonds. The topological polar surface area (TPSA) is 81.4 Å². The number of amides is 1. The Hall–Kier alpha value is -4.11. The van der Waals surface area contributed by atoms with Gasteiger partial charge in [0.1, 0.15) is 0 Å². The Morgan fingerprint density at radius 3 is 2.78 bits per heavy atom. The Kier molecular flexibility index (Phi) is 5.30. The predicted octanol–water partition coefficient (Wildman–Crippen LogP) is 4.68. The highest BCUT2D eigenvalue weighted by atomic mass is 32.1. The van der Waals surface area contributed by atoms with Crippen molar-refractivity contribution < 1.29 is 13.9 Å². The summed E-state index contributed by atoms with van der Waals surface area (Å²) in [5, 5.41) is 17.8. The number of fused-ring (bicyclic) bond motifs is 1. The van der Waals surface area contributed by atoms with Crippen LogP contribution in [0.15, 0.2) is 78.2 Å². The summed E-state index contributed by atoms with van der Waals surface area (Å²) in [6, 6.07) is 20.9. The second-order valence-corrected chi connectivity index (χ2v) is 7.79. The number of rotatable bonds is 6. The molecule has 0 radical (unpaired) electrons. The van der Waals surface area contributed by atoms with Gasteiger partial charge in [-0.05, 0) is 47.8 Å². The number of para-hydroxylation sites is 1. The zero-order valence-corrected chi connectivity index (χ0v) is 17.4. The molecule has 0 aliphatic heterocycles. The Bertz CT molecular complexity index is 1400. The molecule has 0 unspecified atom stereocenters. The summed E-state index contributed by atoms with van der Waals surface area (Å²) in [7, 11) is 0. The highest BCUT2D eigenvalue weighted by Crippen LogP contribution is 2.25. The second kappa shape index (κ2) is 8.56. The van der Waals surface area contributed by atoms with Crippen LogP contribution in [-0.2, 0) is 4.79 Å². The quantitative estimate of drug-likeness (QED) is 0.411. The van der Waals surface area contributed by atoms with Gasteiger partial charge in [-0.1, -0.05) is 30.3 Å². The molecule has 5 rings (SSSR count). The number of nitrogens with one attached hydrogen (secondary N) is 1. The van der Waals surface area contributed by atoms with Gasteiger partial charge in [0.05, 0.1) is 10.6 Å². The predicted molar refractivity (Wildman–Crippen MR) is 120 cm³/mol. The molecule has 0 atom stereocenters. The van der Waals surface area contributed by atoms with E-state index in [1.54, 1.807) is 34.1 Å². The fourth-order valence-electron chi connectivity index (χ4n) is 3.16. The van der Waals surface area contributed by atoms with Crippen LogP contribution in [0.5, 0.6) is 5.75 Å². The SMILES string of the molecule is O=C(COc1ccccc1F)Nc1cccc(-c2ccc3nnc(-c4cccs4)n3n2)c1. The molecule has 9 heteroatoms. The number of nitrogens with zero attached hydrogens (tertiary/aromatic N) is 4. The van der Waals surface area contributed by atoms with E-state index in [1.807, 2.05) is 47.8 Å². The number of ether oxygens (including phenoxy) is 1. The average Bonchev–Trinajstić information content (AvgIpc) is 3.48. The summed E-state index contributed by atoms with van der Waals surface area (Å²) < 4.78 is 20.6. The van der Waals surface area contributed by atoms with Gasteiger partial charge < -0.3 is 10.1 Å². The third-order valence-electron chi connectivity index (χ3n) is 4.64. The van der Waals surface area contributed by atoms with E-state index in [0.717, 1.165) is 10.4 Å². The third kappa shape index (κ3) is 4.06. The Labute approximate surface area is 186 Å². The summed E-state index contributed by atoms with van der Waals surface area (Å²) in [5.74, 6) is -0.205. The van der Waals surface area contributed by atoms with Crippen molar-refractivity contribution in [1.29, 1.82) is 0 Å². The van der Waals surface area contributed by atoms with Crippen molar-refractivity contribution in [3.63, 3.8) is 0 Å². The molecule has 7 nitrogen and oxygen atoms in total. The van der Waals surface area contributed by atoms with E-state index in [9.17, 15) is 9.18 Å². The van der Waals surface area contributed by atoms with Gasteiger partial charge in [0.15, 0.2) is 29.6 Å². The normalized spacial score (nSPS) is 10.9. The van der Waals surface area contributed by atoms with Crippen molar-refractivity contribution >= 4 is 28.6 Å². The molecule has 2 aromatic carbocycles. The van der Waals surface area contributed by atoms with Crippen molar-refractivity contribution in [2.75, 3.05) is 11.9 Å². The maximum atomic E-state index is 13.6. The minimum atomic E-state index is -0.514. The van der Waals surface area contributed by atoms with Crippen molar-refractivity contribution in [3.05, 3.63) is 84.0 Å². The molecule has 32 heavy (non-hydrogen) atoms. The van der Waals surface area contributed by atoms with E-state index in [0.29, 0.717) is 22.9 Å². The zero-order chi connectivity index (χ0) is 21.9. The number of hydrogen-bond acceptors (Lipinski definition) is 6. The van der Waals surface area contributed by atoms with E-state index in [1.165, 1.54) is 12.1 Å². The molecule has 158 valence electrons. The molecule has 0 aliphatic carbocycles. The first-order valence-electron chi connectivity index (χ1n) is 9.71. The minimum absolute atomic E-state index is 0.0318. The lowest BCUT2D eigenvalue weighted by atomic mass is 10.1. The van der Waals surface area contributed by atoms with Crippen LogP contribution in [0.25, 0.3) is 27.6 Å². The number of aromatic nitrogens is 4. The van der Waals surface area contributed by atoms with Crippen LogP contribution in [0.2, 0.25) is 0 Å². The van der Waals surface area contributed by atoms with Crippen molar-refractivity contribution in [2.45, 2.75) is 0 Å². The molecular formula is C23H16FN5O2S. The van der Waals surface area contributed by atoms with Gasteiger partial charge in [-0.3, -0.25) is 4.79 Å². The number of halogens is 1. The van der Waals surface area contributed by atoms with Crippen molar-refractivity contribution in [2.24, 2.45) is 0 Å². The standard InChI is InChI=1S/C23H16FN5O2S/c24-17-7-1-2-8-19(17)31-14-22(30)25-16-6-3-5-15(13-16)18-10-11-21-26-27-23(29(21)28-18)20-9-4-12-32-20/h1-13H,14H2,(H,25,30). The molecule has 0 saturated carbocycles. The lowest BCUT2D eigenvalue weighted by Gasteiger charge is -2.09. The lowest BCUT2D eigenvalue weighted by Crippen LogP contribution is -2.20. The molecular weight excluding hydrogens is 429 g/mol. The van der Waals surface area contributed by atoms with Gasteiger partial charge in [0.25, 0.3) is 5.91 Å². The van der Waals surface area contributed by atoms with Gasteiger partial charge >= 0.3 is 0 Å². The van der Waals surface area contributed by atoms with E-state index >= 15 is 0 Å². The molecule has 0 fully saturated rings. The molecule has 0 spiro atoms. The number of anilines is 1. The molecule has 0 saturated heterocycles. The van der Waals surface area contributed by atoms with E-state index in [2.05, 4.69) is 20.6 Å². The molecule has 3 heterocycles. The summed E-state index contributed by atoms with van der Waals surface area (Å²) in [6.07, 6.45) is 0. The number of carbonyl (C=O) groups excluding carboxylic acids is 1. The summed E-state index contributed by atoms with van der Waals surface area (Å²) in [5.41, 5.74) is 2.74. The second-order valence-electron chi connectivity index (χ2n) is 6.84. The molecule has 5 aromatic rings. The number of carbonyl (C=O) groups is 1. The molecule has 0 bridgehead atoms. The maximum Gasteiger partial charge on any atom is 0.262 e. The molecule has 0 aliphatic rings. The first-order chi connectivity index (χ1) is 15.7. The summed E-state index contributed by atoms with van der Waals surface area (Å²) in [4.78, 5) is 13.2. The smallest absolute Gasteiger partial charge is 0.262 e. The largest absolute Gasteiger partial charge is 0.481 e. The molecule has 1 N–H and O–H groups in total. The maximum absolute atomic E-state index is 13.6. The Morgan fingerprint density at radius 2 is 1.94 bits per heavy atom. The van der Waals surface area contributed by atoms with Gasteiger partial charge in [0, 0.05) is 11.3 Å². The Balaban J connectivity index is 1.35. The van der Waals surface area contributed by atoms with Crippen LogP contribution in [0, 0.1) is 5.82 Å². The average molecular weight is 445 g/mol. The van der Waals surface area contributed by atoms with Crippen LogP contribution >= 0.6 is 11.3 Å². The number of benzene rings is 2. The fourth-order valence-corrected chi connectivity index (χ4v) is 3.85. The fraction of sp³-hybridized carbons (Fsp3) is 0.0435. The van der Waals surface area contributed by atoms with E-state index in [-0.39, 0.29) is 12.4 Å². The summed E-state index contributed by atoms with van der Waals surface area (Å²) in [6.45, 7) is -0.305. The van der Waals surface area contributed by atoms with E-state index in [4.69, 9.17) is 4.74 Å². The van der Waals surface area contributed by atoms with Crippen LogP contribution < -0.4 is 10.1 Å². The van der Waals surface area contributed by atoms with Crippen LogP contribution in [0.3, 0.4) is 0 Å². The van der Waals surface area contributed by atoms with Gasteiger partial charge in [0.2, 0.25) is 0 Å². The highest BCUT2D eigenvalue weighted by molar-refractivity contribution is 7.13. The zero-order valence-electron chi connectivity index (χ0n) is 16.6. The van der Waals surface area contributed by atoms with Crippen LogP contribution in [0.4, 0.5) is 10.1 Å². The number of thiophene rings is 1. The van der Waals surface area contributed by atoms with Gasteiger partial charge in [-0.25, -0.2) is 4.39 Å². The van der Waals surface area contributed by atoms with E-state index < -0.39 is 11.7 Å².